The lowest BCUT2D eigenvalue weighted by Gasteiger charge is -2.31. The standard InChI is InChI=1S/C27H31ClN10O.C4H7NO2.C2H4O2/c1-32-19-8-9-20-22(14-19)33-12-4-2-3-5-21(27-36-23(15-29)26(20)37-27)35-25(39)11-6-17-13-18(28)7-10-24(17)38(31)16-34-30;6-3-5-1-4(7)2-5;1-4-2-3/h6-11,13-14,16,21,32-33H,2-5,12,30-31H2,1H3,(H,35,39)(H,36,37);3-4,7H,1-2H2;2H,1H3/b11-6+,34-16-;;/t21-;;/m0../s1. The van der Waals surface area contributed by atoms with Crippen molar-refractivity contribution >= 4 is 59.9 Å². The Morgan fingerprint density at radius 2 is 2.00 bits per heavy atom. The fourth-order valence-electron chi connectivity index (χ4n) is 5.03. The van der Waals surface area contributed by atoms with Crippen LogP contribution in [-0.2, 0) is 19.1 Å². The number of halogens is 1. The van der Waals surface area contributed by atoms with E-state index in [4.69, 9.17) is 33.2 Å². The number of amides is 2. The summed E-state index contributed by atoms with van der Waals surface area (Å²) in [6.45, 7) is 2.20. The van der Waals surface area contributed by atoms with E-state index in [1.807, 2.05) is 25.2 Å². The van der Waals surface area contributed by atoms with Gasteiger partial charge in [-0.25, -0.2) is 10.8 Å². The molecule has 2 bridgehead atoms. The van der Waals surface area contributed by atoms with Crippen LogP contribution in [0.2, 0.25) is 5.02 Å². The number of anilines is 3. The number of aromatic nitrogens is 2. The number of hydrazine groups is 1. The number of carbonyl (C=O) groups is 3. The normalized spacial score (nSPS) is 15.5. The Labute approximate surface area is 295 Å². The highest BCUT2D eigenvalue weighted by molar-refractivity contribution is 6.30. The van der Waals surface area contributed by atoms with E-state index in [0.29, 0.717) is 53.8 Å². The fourth-order valence-corrected chi connectivity index (χ4v) is 5.21. The summed E-state index contributed by atoms with van der Waals surface area (Å²) in [5.74, 6) is 11.4. The predicted molar refractivity (Wildman–Crippen MR) is 193 cm³/mol. The number of imidazole rings is 1. The summed E-state index contributed by atoms with van der Waals surface area (Å²) >= 11 is 6.16. The lowest BCUT2D eigenvalue weighted by molar-refractivity contribution is -0.127. The third-order valence-corrected chi connectivity index (χ3v) is 7.78. The molecule has 1 saturated heterocycles. The molecule has 9 N–H and O–H groups in total. The minimum atomic E-state index is -0.412. The summed E-state index contributed by atoms with van der Waals surface area (Å²) in [5.41, 5.74) is 4.76. The highest BCUT2D eigenvalue weighted by Gasteiger charge is 2.23. The molecule has 50 heavy (non-hydrogen) atoms. The van der Waals surface area contributed by atoms with E-state index in [0.717, 1.165) is 49.2 Å². The number of nitrogens with one attached hydrogen (secondary N) is 4. The molecular weight excluding hydrogens is 666 g/mol. The highest BCUT2D eigenvalue weighted by Crippen LogP contribution is 2.34. The van der Waals surface area contributed by atoms with Gasteiger partial charge in [-0.2, -0.15) is 10.4 Å². The minimum Gasteiger partial charge on any atom is -0.471 e. The van der Waals surface area contributed by atoms with Gasteiger partial charge < -0.3 is 41.5 Å². The van der Waals surface area contributed by atoms with Crippen LogP contribution >= 0.6 is 11.6 Å². The number of nitrogens with zero attached hydrogens (tertiary/aromatic N) is 5. The van der Waals surface area contributed by atoms with Crippen LogP contribution in [0.5, 0.6) is 0 Å². The van der Waals surface area contributed by atoms with Gasteiger partial charge in [-0.3, -0.25) is 19.4 Å². The van der Waals surface area contributed by atoms with Crippen LogP contribution in [0.1, 0.15) is 48.8 Å². The molecule has 17 heteroatoms. The van der Waals surface area contributed by atoms with Crippen molar-refractivity contribution in [1.29, 1.82) is 5.26 Å². The number of likely N-dealkylation sites (tertiary alicyclic amines) is 1. The van der Waals surface area contributed by atoms with Crippen molar-refractivity contribution < 1.29 is 24.2 Å². The first kappa shape index (κ1) is 38.8. The average molecular weight is 708 g/mol. The van der Waals surface area contributed by atoms with E-state index in [2.05, 4.69) is 41.8 Å². The molecule has 0 radical (unpaired) electrons. The molecule has 0 aliphatic carbocycles. The number of carbonyl (C=O) groups excluding carboxylic acids is 3. The molecular formula is C33H42ClN11O5. The summed E-state index contributed by atoms with van der Waals surface area (Å²) in [5, 5.41) is 33.2. The zero-order valence-electron chi connectivity index (χ0n) is 27.8. The molecule has 0 unspecified atom stereocenters. The second-order valence-corrected chi connectivity index (χ2v) is 11.5. The number of aromatic amines is 1. The van der Waals surface area contributed by atoms with Crippen molar-refractivity contribution in [3.63, 3.8) is 0 Å². The van der Waals surface area contributed by atoms with Crippen molar-refractivity contribution in [2.45, 2.75) is 37.8 Å². The Balaban J connectivity index is 0.000000526. The number of H-pyrrole nitrogens is 1. The predicted octanol–water partition coefficient (Wildman–Crippen LogP) is 2.69. The first-order chi connectivity index (χ1) is 24.2. The number of nitrogens with two attached hydrogens (primary N) is 2. The van der Waals surface area contributed by atoms with Gasteiger partial charge in [-0.05, 0) is 55.3 Å². The lowest BCUT2D eigenvalue weighted by atomic mass is 10.0. The molecule has 2 aliphatic heterocycles. The van der Waals surface area contributed by atoms with Crippen LogP contribution in [0, 0.1) is 11.3 Å². The number of ether oxygens (including phenoxy) is 1. The maximum atomic E-state index is 13.0. The lowest BCUT2D eigenvalue weighted by Crippen LogP contribution is -2.49. The van der Waals surface area contributed by atoms with Gasteiger partial charge in [0.05, 0.1) is 30.6 Å². The molecule has 1 aromatic heterocycles. The van der Waals surface area contributed by atoms with E-state index in [1.165, 1.54) is 29.4 Å². The Bertz CT molecular complexity index is 1680. The maximum Gasteiger partial charge on any atom is 0.292 e. The molecule has 2 aliphatic rings. The number of aliphatic hydroxyl groups excluding tert-OH is 1. The van der Waals surface area contributed by atoms with Gasteiger partial charge in [0, 0.05) is 60.3 Å². The summed E-state index contributed by atoms with van der Waals surface area (Å²) in [7, 11) is 3.18. The van der Waals surface area contributed by atoms with E-state index >= 15 is 0 Å². The van der Waals surface area contributed by atoms with E-state index in [9.17, 15) is 14.9 Å². The number of hydrazone groups is 1. The zero-order chi connectivity index (χ0) is 36.5. The molecule has 1 fully saturated rings. The Kier molecular flexibility index (Phi) is 15.5. The fraction of sp³-hybridized carbons (Fsp3) is 0.333. The molecule has 0 saturated carbocycles. The van der Waals surface area contributed by atoms with E-state index < -0.39 is 6.04 Å². The molecule has 3 heterocycles. The van der Waals surface area contributed by atoms with Gasteiger partial charge in [0.15, 0.2) is 5.69 Å². The molecule has 266 valence electrons. The van der Waals surface area contributed by atoms with Gasteiger partial charge in [0.2, 0.25) is 12.3 Å². The second-order valence-electron chi connectivity index (χ2n) is 11.1. The van der Waals surface area contributed by atoms with Gasteiger partial charge >= 0.3 is 0 Å². The van der Waals surface area contributed by atoms with Crippen LogP contribution in [0.15, 0.2) is 47.6 Å². The molecule has 2 aromatic carbocycles. The maximum absolute atomic E-state index is 13.0. The number of fused-ring (bicyclic) bond motifs is 4. The van der Waals surface area contributed by atoms with Crippen molar-refractivity contribution in [3.8, 4) is 17.3 Å². The van der Waals surface area contributed by atoms with Crippen LogP contribution < -0.4 is 32.6 Å². The Morgan fingerprint density at radius 3 is 2.62 bits per heavy atom. The number of hydrogen-bond acceptors (Lipinski definition) is 12. The van der Waals surface area contributed by atoms with Crippen LogP contribution in [0.4, 0.5) is 17.1 Å². The van der Waals surface area contributed by atoms with Crippen LogP contribution in [0.3, 0.4) is 0 Å². The van der Waals surface area contributed by atoms with E-state index in [-0.39, 0.29) is 17.7 Å². The number of nitriles is 1. The molecule has 5 rings (SSSR count). The highest BCUT2D eigenvalue weighted by atomic mass is 35.5. The molecule has 3 aromatic rings. The zero-order valence-corrected chi connectivity index (χ0v) is 28.6. The quantitative estimate of drug-likeness (QED) is 0.0447. The van der Waals surface area contributed by atoms with Gasteiger partial charge in [-0.1, -0.05) is 24.4 Å². The Morgan fingerprint density at radius 1 is 1.24 bits per heavy atom. The summed E-state index contributed by atoms with van der Waals surface area (Å²) in [4.78, 5) is 41.2. The average Bonchev–Trinajstić information content (AvgIpc) is 3.54. The van der Waals surface area contributed by atoms with Crippen molar-refractivity contribution in [1.82, 2.24) is 20.2 Å². The van der Waals surface area contributed by atoms with Crippen LogP contribution in [0.25, 0.3) is 17.3 Å². The van der Waals surface area contributed by atoms with Gasteiger partial charge in [0.25, 0.3) is 6.47 Å². The first-order valence-corrected chi connectivity index (χ1v) is 16.0. The summed E-state index contributed by atoms with van der Waals surface area (Å²) in [6.07, 6.45) is 8.23. The van der Waals surface area contributed by atoms with Crippen molar-refractivity contribution in [2.24, 2.45) is 16.8 Å². The minimum absolute atomic E-state index is 0.259. The Hall–Kier alpha value is -5.63. The number of β-amino-alcohol motifs (C(OH)–C–C–N with tert-alkyl or cyclic N) is 1. The molecule has 1 atom stereocenters. The smallest absolute Gasteiger partial charge is 0.292 e. The summed E-state index contributed by atoms with van der Waals surface area (Å²) in [6, 6.07) is 12.8. The topological polar surface area (TPSA) is 240 Å². The molecule has 0 spiro atoms. The first-order valence-electron chi connectivity index (χ1n) is 15.6. The largest absolute Gasteiger partial charge is 0.471 e. The number of methoxy groups -OCH3 is 1. The number of benzene rings is 2. The van der Waals surface area contributed by atoms with Crippen LogP contribution in [-0.4, -0.2) is 85.0 Å². The van der Waals surface area contributed by atoms with Crippen molar-refractivity contribution in [2.75, 3.05) is 49.4 Å². The van der Waals surface area contributed by atoms with E-state index in [1.54, 1.807) is 24.3 Å². The summed E-state index contributed by atoms with van der Waals surface area (Å²) < 4.78 is 3.86. The number of hydrogen-bond donors (Lipinski definition) is 7. The van der Waals surface area contributed by atoms with Gasteiger partial charge in [0.1, 0.15) is 18.2 Å². The SMILES string of the molecule is CNc1ccc2c(c1)NCCCCC[C@H](NC(=O)/C=C/c1cc(Cl)ccc1N(N)/C=N\N)c1nc(C#N)c-2[nH]1.COC=O.O=CN1CC(O)C1. The molecule has 2 amide bonds. The third-order valence-electron chi connectivity index (χ3n) is 7.55. The third kappa shape index (κ3) is 11.2. The molecule has 16 nitrogen and oxygen atoms in total. The van der Waals surface area contributed by atoms with Gasteiger partial charge in [-0.15, -0.1) is 0 Å². The number of rotatable bonds is 8. The number of aliphatic hydroxyl groups is 1. The second kappa shape index (κ2) is 20.0. The monoisotopic (exact) mass is 707 g/mol. The van der Waals surface area contributed by atoms with Crippen molar-refractivity contribution in [3.05, 3.63) is 64.6 Å².